The van der Waals surface area contributed by atoms with Gasteiger partial charge in [-0.2, -0.15) is 0 Å². The molecule has 0 unspecified atom stereocenters. The molecule has 30 heavy (non-hydrogen) atoms. The normalized spacial score (nSPS) is 14.1. The van der Waals surface area contributed by atoms with E-state index in [1.54, 1.807) is 24.3 Å². The zero-order valence-electron chi connectivity index (χ0n) is 16.6. The Bertz CT molecular complexity index is 973. The second-order valence-electron chi connectivity index (χ2n) is 7.46. The van der Waals surface area contributed by atoms with E-state index in [1.165, 1.54) is 48.5 Å². The number of rotatable bonds is 8. The van der Waals surface area contributed by atoms with Crippen molar-refractivity contribution in [3.05, 3.63) is 100 Å². The van der Waals surface area contributed by atoms with E-state index >= 15 is 0 Å². The first-order valence-electron chi connectivity index (χ1n) is 9.79. The molecule has 0 heterocycles. The summed E-state index contributed by atoms with van der Waals surface area (Å²) in [5.74, 6) is -0.875. The summed E-state index contributed by atoms with van der Waals surface area (Å²) in [7, 11) is 0. The molecule has 3 aromatic carbocycles. The molecule has 0 saturated heterocycles. The number of aliphatic hydroxyl groups excluding tert-OH is 1. The van der Waals surface area contributed by atoms with Gasteiger partial charge in [0.15, 0.2) is 0 Å². The predicted molar refractivity (Wildman–Crippen MR) is 110 cm³/mol. The van der Waals surface area contributed by atoms with E-state index in [-0.39, 0.29) is 17.5 Å². The van der Waals surface area contributed by atoms with Crippen LogP contribution in [-0.2, 0) is 0 Å². The third kappa shape index (κ3) is 5.27. The molecule has 0 aliphatic carbocycles. The fourth-order valence-electron chi connectivity index (χ4n) is 3.55. The number of halogens is 2. The number of benzene rings is 3. The number of aliphatic hydroxyl groups is 1. The number of phenols is 1. The summed E-state index contributed by atoms with van der Waals surface area (Å²) in [5, 5.41) is 20.0. The Kier molecular flexibility index (Phi) is 6.90. The van der Waals surface area contributed by atoms with Crippen molar-refractivity contribution in [2.75, 3.05) is 0 Å². The highest BCUT2D eigenvalue weighted by atomic mass is 19.1. The highest BCUT2D eigenvalue weighted by Gasteiger charge is 2.35. The molecule has 0 amide bonds. The minimum Gasteiger partial charge on any atom is -0.508 e. The van der Waals surface area contributed by atoms with E-state index in [4.69, 9.17) is 0 Å². The molecule has 0 saturated carbocycles. The van der Waals surface area contributed by atoms with Gasteiger partial charge in [0.25, 0.3) is 5.69 Å². The van der Waals surface area contributed by atoms with Crippen molar-refractivity contribution in [2.24, 2.45) is 5.92 Å². The summed E-state index contributed by atoms with van der Waals surface area (Å²) < 4.78 is 27.2. The van der Waals surface area contributed by atoms with E-state index < -0.39 is 18.0 Å². The number of phenolic OH excluding ortho intramolecular Hbond substituents is 1. The number of hydrogen-bond acceptors (Lipinski definition) is 3. The van der Waals surface area contributed by atoms with Gasteiger partial charge in [0, 0.05) is 33.3 Å². The lowest BCUT2D eigenvalue weighted by atomic mass is 9.88. The van der Waals surface area contributed by atoms with Crippen LogP contribution in [0.3, 0.4) is 0 Å². The first-order chi connectivity index (χ1) is 14.3. The van der Waals surface area contributed by atoms with E-state index in [2.05, 4.69) is 0 Å². The summed E-state index contributed by atoms with van der Waals surface area (Å²) in [6.07, 6.45) is 0.127. The van der Waals surface area contributed by atoms with Crippen molar-refractivity contribution >= 4 is 5.69 Å². The molecule has 3 aromatic rings. The van der Waals surface area contributed by atoms with Gasteiger partial charge in [-0.05, 0) is 66.9 Å². The minimum absolute atomic E-state index is 0.0936. The van der Waals surface area contributed by atoms with Crippen LogP contribution in [0.5, 0.6) is 5.75 Å². The SMILES string of the molecule is C[C@H](CC[C@H](O)c1ccc(F)cc1)[C@H](c1ccc(O)cc1)[N+](=O)c1ccc(F)cc1. The Morgan fingerprint density at radius 1 is 0.800 bits per heavy atom. The Labute approximate surface area is 174 Å². The summed E-state index contributed by atoms with van der Waals surface area (Å²) in [4.78, 5) is 13.2. The molecule has 0 spiro atoms. The highest BCUT2D eigenvalue weighted by Crippen LogP contribution is 2.35. The van der Waals surface area contributed by atoms with Gasteiger partial charge in [-0.15, -0.1) is 0 Å². The molecule has 0 aliphatic rings. The van der Waals surface area contributed by atoms with Crippen LogP contribution in [0.25, 0.3) is 0 Å². The van der Waals surface area contributed by atoms with Crippen LogP contribution in [0.4, 0.5) is 14.5 Å². The van der Waals surface area contributed by atoms with Crippen LogP contribution in [0.15, 0.2) is 72.8 Å². The third-order valence-corrected chi connectivity index (χ3v) is 5.26. The van der Waals surface area contributed by atoms with Crippen molar-refractivity contribution in [2.45, 2.75) is 31.9 Å². The van der Waals surface area contributed by atoms with E-state index in [0.29, 0.717) is 29.7 Å². The maximum absolute atomic E-state index is 13.3. The molecule has 0 aliphatic heterocycles. The van der Waals surface area contributed by atoms with Gasteiger partial charge in [0.05, 0.1) is 6.10 Å². The van der Waals surface area contributed by atoms with Crippen LogP contribution in [0, 0.1) is 22.5 Å². The van der Waals surface area contributed by atoms with Gasteiger partial charge in [0.2, 0.25) is 6.04 Å². The predicted octanol–water partition coefficient (Wildman–Crippen LogP) is 5.97. The lowest BCUT2D eigenvalue weighted by Gasteiger charge is -2.19. The molecule has 4 nitrogen and oxygen atoms in total. The van der Waals surface area contributed by atoms with Crippen molar-refractivity contribution < 1.29 is 23.8 Å². The third-order valence-electron chi connectivity index (χ3n) is 5.26. The molecule has 0 bridgehead atoms. The van der Waals surface area contributed by atoms with Crippen molar-refractivity contribution in [3.63, 3.8) is 0 Å². The lowest BCUT2D eigenvalue weighted by Crippen LogP contribution is -2.20. The Balaban J connectivity index is 1.80. The number of aromatic hydroxyl groups is 1. The molecule has 0 aromatic heterocycles. The Morgan fingerprint density at radius 2 is 1.30 bits per heavy atom. The molecule has 3 atom stereocenters. The summed E-state index contributed by atoms with van der Waals surface area (Å²) in [6.45, 7) is 1.91. The van der Waals surface area contributed by atoms with Gasteiger partial charge < -0.3 is 10.2 Å². The van der Waals surface area contributed by atoms with E-state index in [0.717, 1.165) is 4.76 Å². The van der Waals surface area contributed by atoms with Crippen LogP contribution in [0.1, 0.15) is 43.0 Å². The zero-order valence-corrected chi connectivity index (χ0v) is 16.6. The number of hydrogen-bond donors (Lipinski definition) is 2. The molecule has 0 fully saturated rings. The molecule has 0 radical (unpaired) electrons. The molecule has 6 heteroatoms. The average molecular weight is 412 g/mol. The van der Waals surface area contributed by atoms with Crippen molar-refractivity contribution in [3.8, 4) is 5.75 Å². The monoisotopic (exact) mass is 412 g/mol. The lowest BCUT2D eigenvalue weighted by molar-refractivity contribution is -0.523. The van der Waals surface area contributed by atoms with Crippen molar-refractivity contribution in [1.29, 1.82) is 0 Å². The molecule has 156 valence electrons. The quantitative estimate of drug-likeness (QED) is 0.448. The Morgan fingerprint density at radius 3 is 1.87 bits per heavy atom. The second-order valence-corrected chi connectivity index (χ2v) is 7.46. The molecular formula is C24H24F2NO3+. The summed E-state index contributed by atoms with van der Waals surface area (Å²) in [5.41, 5.74) is 1.64. The topological polar surface area (TPSA) is 60.5 Å². The summed E-state index contributed by atoms with van der Waals surface area (Å²) >= 11 is 0. The largest absolute Gasteiger partial charge is 0.508 e. The van der Waals surface area contributed by atoms with Crippen molar-refractivity contribution in [1.82, 2.24) is 0 Å². The maximum atomic E-state index is 13.3. The molecule has 2 N–H and O–H groups in total. The highest BCUT2D eigenvalue weighted by molar-refractivity contribution is 5.32. The Hall–Kier alpha value is -3.12. The van der Waals surface area contributed by atoms with Crippen LogP contribution < -0.4 is 0 Å². The number of nitroso groups, excluding NO2 is 1. The first-order valence-corrected chi connectivity index (χ1v) is 9.79. The van der Waals surface area contributed by atoms with Gasteiger partial charge in [-0.1, -0.05) is 19.1 Å². The standard InChI is InChI=1S/C24H23F2NO3/c1-16(2-15-23(29)17-3-7-19(25)8-4-17)24(18-5-13-22(28)14-6-18)27(30)21-11-9-20(26)10-12-21/h3-14,16,23-24,29H,2,15H2,1H3/p+1/t16-,23+,24-/m1/s1. The van der Waals surface area contributed by atoms with Gasteiger partial charge in [-0.3, -0.25) is 0 Å². The van der Waals surface area contributed by atoms with E-state index in [9.17, 15) is 23.9 Å². The van der Waals surface area contributed by atoms with E-state index in [1.807, 2.05) is 6.92 Å². The van der Waals surface area contributed by atoms with Gasteiger partial charge in [-0.25, -0.2) is 8.78 Å². The summed E-state index contributed by atoms with van der Waals surface area (Å²) in [6, 6.07) is 16.8. The smallest absolute Gasteiger partial charge is 0.257 e. The fourth-order valence-corrected chi connectivity index (χ4v) is 3.55. The molecule has 3 rings (SSSR count). The zero-order chi connectivity index (χ0) is 21.7. The minimum atomic E-state index is -0.778. The first kappa shape index (κ1) is 21.6. The maximum Gasteiger partial charge on any atom is 0.257 e. The van der Waals surface area contributed by atoms with Crippen LogP contribution >= 0.6 is 0 Å². The van der Waals surface area contributed by atoms with Gasteiger partial charge in [0.1, 0.15) is 17.4 Å². The van der Waals surface area contributed by atoms with Gasteiger partial charge >= 0.3 is 0 Å². The second kappa shape index (κ2) is 9.59. The molecular weight excluding hydrogens is 388 g/mol. The average Bonchev–Trinajstić information content (AvgIpc) is 2.74. The fraction of sp³-hybridized carbons (Fsp3) is 0.250. The van der Waals surface area contributed by atoms with Crippen LogP contribution in [0.2, 0.25) is 0 Å². The van der Waals surface area contributed by atoms with Crippen LogP contribution in [-0.4, -0.2) is 15.0 Å². The number of nitrogens with zero attached hydrogens (tertiary/aromatic N) is 1.